The number of hydrogen-bond donors (Lipinski definition) is 0. The van der Waals surface area contributed by atoms with E-state index >= 15 is 0 Å². The van der Waals surface area contributed by atoms with Crippen LogP contribution in [0.1, 0.15) is 50.8 Å². The lowest BCUT2D eigenvalue weighted by atomic mass is 10.0. The molecule has 1 saturated heterocycles. The molecule has 2 atom stereocenters. The van der Waals surface area contributed by atoms with Gasteiger partial charge in [-0.15, -0.1) is 4.31 Å². The van der Waals surface area contributed by atoms with Gasteiger partial charge in [-0.2, -0.15) is 0 Å². The maximum absolute atomic E-state index is 12.6. The van der Waals surface area contributed by atoms with E-state index in [1.54, 1.807) is 0 Å². The summed E-state index contributed by atoms with van der Waals surface area (Å²) in [5.74, 6) is 0. The molecular weight excluding hydrogens is 242 g/mol. The summed E-state index contributed by atoms with van der Waals surface area (Å²) in [5.41, 5.74) is 2.58. The molecule has 0 spiro atoms. The SMILES string of the molecule is Cc1ccc(C2CCCN2[S@@+]([O-])C(C)(C)C)cc1. The summed E-state index contributed by atoms with van der Waals surface area (Å²) in [7, 11) is 0. The summed E-state index contributed by atoms with van der Waals surface area (Å²) < 4.78 is 14.6. The van der Waals surface area contributed by atoms with E-state index in [-0.39, 0.29) is 4.75 Å². The number of benzene rings is 1. The number of hydrogen-bond acceptors (Lipinski definition) is 2. The van der Waals surface area contributed by atoms with Crippen molar-refractivity contribution in [1.29, 1.82) is 0 Å². The van der Waals surface area contributed by atoms with E-state index in [1.165, 1.54) is 11.1 Å². The molecule has 2 rings (SSSR count). The smallest absolute Gasteiger partial charge is 0.137 e. The molecule has 1 aliphatic heterocycles. The summed E-state index contributed by atoms with van der Waals surface area (Å²) in [4.78, 5) is 0. The second kappa shape index (κ2) is 5.24. The highest BCUT2D eigenvalue weighted by atomic mass is 32.2. The minimum absolute atomic E-state index is 0.173. The van der Waals surface area contributed by atoms with E-state index in [0.29, 0.717) is 6.04 Å². The molecule has 1 fully saturated rings. The van der Waals surface area contributed by atoms with Crippen molar-refractivity contribution < 1.29 is 4.55 Å². The lowest BCUT2D eigenvalue weighted by Gasteiger charge is -2.33. The Bertz CT molecular complexity index is 396. The second-order valence-electron chi connectivity index (χ2n) is 6.07. The molecule has 2 nitrogen and oxygen atoms in total. The Balaban J connectivity index is 2.20. The minimum atomic E-state index is -0.915. The van der Waals surface area contributed by atoms with Crippen molar-refractivity contribution in [3.8, 4) is 0 Å². The molecule has 0 N–H and O–H groups in total. The lowest BCUT2D eigenvalue weighted by molar-refractivity contribution is 0.380. The predicted molar refractivity (Wildman–Crippen MR) is 77.8 cm³/mol. The van der Waals surface area contributed by atoms with E-state index < -0.39 is 11.4 Å². The quantitative estimate of drug-likeness (QED) is 0.764. The van der Waals surface area contributed by atoms with E-state index in [4.69, 9.17) is 0 Å². The Morgan fingerprint density at radius 2 is 1.83 bits per heavy atom. The molecule has 100 valence electrons. The Hall–Kier alpha value is -0.510. The topological polar surface area (TPSA) is 26.3 Å². The summed E-state index contributed by atoms with van der Waals surface area (Å²) in [6.07, 6.45) is 2.26. The van der Waals surface area contributed by atoms with E-state index in [1.807, 2.05) is 20.8 Å². The first kappa shape index (κ1) is 13.9. The van der Waals surface area contributed by atoms with Gasteiger partial charge >= 0.3 is 0 Å². The Morgan fingerprint density at radius 1 is 1.22 bits per heavy atom. The number of aryl methyl sites for hydroxylation is 1. The van der Waals surface area contributed by atoms with Gasteiger partial charge in [0.15, 0.2) is 0 Å². The van der Waals surface area contributed by atoms with Gasteiger partial charge in [0.1, 0.15) is 4.75 Å². The van der Waals surface area contributed by atoms with Crippen molar-refractivity contribution in [2.45, 2.75) is 51.3 Å². The first-order valence-electron chi connectivity index (χ1n) is 6.65. The lowest BCUT2D eigenvalue weighted by Crippen LogP contribution is -2.42. The summed E-state index contributed by atoms with van der Waals surface area (Å²) in [6, 6.07) is 8.97. The van der Waals surface area contributed by atoms with Crippen LogP contribution in [-0.4, -0.2) is 20.1 Å². The minimum Gasteiger partial charge on any atom is -0.597 e. The van der Waals surface area contributed by atoms with Crippen molar-refractivity contribution in [1.82, 2.24) is 4.31 Å². The monoisotopic (exact) mass is 265 g/mol. The third kappa shape index (κ3) is 2.90. The molecule has 3 heteroatoms. The van der Waals surface area contributed by atoms with E-state index in [2.05, 4.69) is 35.5 Å². The van der Waals surface area contributed by atoms with Gasteiger partial charge in [-0.05, 0) is 46.1 Å². The molecule has 1 unspecified atom stereocenters. The molecule has 0 aliphatic carbocycles. The molecule has 0 amide bonds. The van der Waals surface area contributed by atoms with Crippen LogP contribution in [0.25, 0.3) is 0 Å². The largest absolute Gasteiger partial charge is 0.597 e. The molecule has 1 aromatic rings. The fourth-order valence-corrected chi connectivity index (χ4v) is 3.87. The highest BCUT2D eigenvalue weighted by Crippen LogP contribution is 2.37. The van der Waals surface area contributed by atoms with Crippen LogP contribution >= 0.6 is 0 Å². The highest BCUT2D eigenvalue weighted by molar-refractivity contribution is 7.90. The standard InChI is InChI=1S/C15H23NOS/c1-12-7-9-13(10-8-12)14-6-5-11-16(14)18(17)15(2,3)4/h7-10,14H,5-6,11H2,1-4H3/t14?,18-/m0/s1. The first-order valence-corrected chi connectivity index (χ1v) is 7.75. The summed E-state index contributed by atoms with van der Waals surface area (Å²) in [6.45, 7) is 9.20. The predicted octanol–water partition coefficient (Wildman–Crippen LogP) is 3.59. The number of rotatable bonds is 2. The van der Waals surface area contributed by atoms with Crippen LogP contribution < -0.4 is 0 Å². The van der Waals surface area contributed by atoms with Gasteiger partial charge in [0.25, 0.3) is 0 Å². The van der Waals surface area contributed by atoms with Crippen LogP contribution in [0.4, 0.5) is 0 Å². The summed E-state index contributed by atoms with van der Waals surface area (Å²) >= 11 is -0.915. The Morgan fingerprint density at radius 3 is 2.39 bits per heavy atom. The maximum atomic E-state index is 12.6. The average molecular weight is 265 g/mol. The zero-order valence-electron chi connectivity index (χ0n) is 11.8. The van der Waals surface area contributed by atoms with Gasteiger partial charge in [-0.1, -0.05) is 29.8 Å². The number of nitrogens with zero attached hydrogens (tertiary/aromatic N) is 1. The molecule has 0 bridgehead atoms. The molecule has 0 radical (unpaired) electrons. The van der Waals surface area contributed by atoms with Gasteiger partial charge < -0.3 is 4.55 Å². The third-order valence-corrected chi connectivity index (χ3v) is 5.31. The third-order valence-electron chi connectivity index (χ3n) is 3.40. The van der Waals surface area contributed by atoms with E-state index in [9.17, 15) is 4.55 Å². The van der Waals surface area contributed by atoms with E-state index in [0.717, 1.165) is 19.4 Å². The van der Waals surface area contributed by atoms with Crippen molar-refractivity contribution in [3.63, 3.8) is 0 Å². The molecule has 1 aromatic carbocycles. The average Bonchev–Trinajstić information content (AvgIpc) is 2.76. The Labute approximate surface area is 114 Å². The highest BCUT2D eigenvalue weighted by Gasteiger charge is 2.40. The zero-order chi connectivity index (χ0) is 13.3. The van der Waals surface area contributed by atoms with Crippen molar-refractivity contribution in [2.75, 3.05) is 6.54 Å². The Kier molecular flexibility index (Phi) is 4.05. The normalized spacial score (nSPS) is 23.3. The molecule has 18 heavy (non-hydrogen) atoms. The van der Waals surface area contributed by atoms with Crippen molar-refractivity contribution in [3.05, 3.63) is 35.4 Å². The fraction of sp³-hybridized carbons (Fsp3) is 0.600. The molecule has 0 aromatic heterocycles. The molecule has 1 aliphatic rings. The van der Waals surface area contributed by atoms with Gasteiger partial charge in [-0.3, -0.25) is 0 Å². The summed E-state index contributed by atoms with van der Waals surface area (Å²) in [5, 5.41) is 0. The van der Waals surface area contributed by atoms with Gasteiger partial charge in [-0.25, -0.2) is 0 Å². The van der Waals surface area contributed by atoms with Gasteiger partial charge in [0, 0.05) is 17.9 Å². The fourth-order valence-electron chi connectivity index (χ4n) is 2.41. The van der Waals surface area contributed by atoms with Crippen molar-refractivity contribution in [2.24, 2.45) is 0 Å². The van der Waals surface area contributed by atoms with Crippen LogP contribution in [-0.2, 0) is 11.4 Å². The molecule has 1 heterocycles. The first-order chi connectivity index (χ1) is 8.39. The van der Waals surface area contributed by atoms with Crippen LogP contribution in [0.2, 0.25) is 0 Å². The van der Waals surface area contributed by atoms with Crippen LogP contribution in [0.15, 0.2) is 24.3 Å². The van der Waals surface area contributed by atoms with Gasteiger partial charge in [0.2, 0.25) is 0 Å². The maximum Gasteiger partial charge on any atom is 0.137 e. The second-order valence-corrected chi connectivity index (χ2v) is 8.26. The van der Waals surface area contributed by atoms with Crippen LogP contribution in [0.5, 0.6) is 0 Å². The van der Waals surface area contributed by atoms with Gasteiger partial charge in [0.05, 0.1) is 6.04 Å². The van der Waals surface area contributed by atoms with Crippen LogP contribution in [0, 0.1) is 6.92 Å². The zero-order valence-corrected chi connectivity index (χ0v) is 12.6. The molecular formula is C15H23NOS. The van der Waals surface area contributed by atoms with Crippen molar-refractivity contribution >= 4 is 11.4 Å². The molecule has 0 saturated carbocycles. The van der Waals surface area contributed by atoms with Crippen LogP contribution in [0.3, 0.4) is 0 Å².